The van der Waals surface area contributed by atoms with Crippen molar-refractivity contribution < 1.29 is 18.3 Å². The maximum atomic E-state index is 13.6. The van der Waals surface area contributed by atoms with Crippen LogP contribution in [0.4, 0.5) is 8.78 Å². The fourth-order valence-corrected chi connectivity index (χ4v) is 1.54. The molecule has 2 nitrogen and oxygen atoms in total. The molecule has 0 atom stereocenters. The van der Waals surface area contributed by atoms with E-state index in [4.69, 9.17) is 27.9 Å². The van der Waals surface area contributed by atoms with Crippen LogP contribution >= 0.6 is 23.2 Å². The summed E-state index contributed by atoms with van der Waals surface area (Å²) < 4.78 is 31.6. The average molecular weight is 297 g/mol. The summed E-state index contributed by atoms with van der Waals surface area (Å²) in [6.45, 7) is 5.64. The molecule has 0 N–H and O–H groups in total. The topological polar surface area (TPSA) is 26.3 Å². The maximum Gasteiger partial charge on any atom is 0.341 e. The minimum absolute atomic E-state index is 0.0951. The minimum Gasteiger partial charge on any atom is -0.461 e. The van der Waals surface area contributed by atoms with E-state index in [2.05, 4.69) is 0 Å². The van der Waals surface area contributed by atoms with Crippen LogP contribution in [-0.4, -0.2) is 12.6 Å². The third-order valence-electron chi connectivity index (χ3n) is 1.96. The number of carbonyl (C=O) groups is 1. The molecule has 0 radical (unpaired) electrons. The zero-order chi connectivity index (χ0) is 14.1. The Morgan fingerprint density at radius 1 is 1.28 bits per heavy atom. The van der Waals surface area contributed by atoms with Gasteiger partial charge < -0.3 is 4.74 Å². The second-order valence-electron chi connectivity index (χ2n) is 4.98. The van der Waals surface area contributed by atoms with Gasteiger partial charge in [-0.1, -0.05) is 44.0 Å². The second-order valence-corrected chi connectivity index (χ2v) is 5.77. The molecular formula is C12H12Cl2F2O2. The first-order valence-electron chi connectivity index (χ1n) is 5.13. The summed E-state index contributed by atoms with van der Waals surface area (Å²) in [5.41, 5.74) is -0.740. The Bertz CT molecular complexity index is 482. The van der Waals surface area contributed by atoms with Crippen molar-refractivity contribution in [1.29, 1.82) is 0 Å². The van der Waals surface area contributed by atoms with Crippen molar-refractivity contribution >= 4 is 29.2 Å². The third-order valence-corrected chi connectivity index (χ3v) is 2.57. The number of carbonyl (C=O) groups excluding carboxylic acids is 1. The lowest BCUT2D eigenvalue weighted by atomic mass is 9.99. The molecule has 6 heteroatoms. The summed E-state index contributed by atoms with van der Waals surface area (Å²) in [6.07, 6.45) is 0. The Hall–Kier alpha value is -0.870. The predicted octanol–water partition coefficient (Wildman–Crippen LogP) is 4.47. The van der Waals surface area contributed by atoms with Gasteiger partial charge in [0.05, 0.1) is 17.2 Å². The van der Waals surface area contributed by atoms with Crippen LogP contribution in [0.2, 0.25) is 10.0 Å². The number of benzene rings is 1. The molecule has 0 aliphatic carbocycles. The first kappa shape index (κ1) is 15.2. The summed E-state index contributed by atoms with van der Waals surface area (Å²) in [5.74, 6) is -3.19. The Morgan fingerprint density at radius 3 is 2.33 bits per heavy atom. The van der Waals surface area contributed by atoms with Crippen LogP contribution in [0, 0.1) is 17.0 Å². The lowest BCUT2D eigenvalue weighted by molar-refractivity contribution is 0.0361. The molecule has 0 saturated carbocycles. The number of hydrogen-bond donors (Lipinski definition) is 0. The Morgan fingerprint density at radius 2 is 1.83 bits per heavy atom. The molecule has 1 aromatic rings. The standard InChI is InChI=1S/C12H12Cl2F2O2/c1-12(2,3)5-18-11(17)6-4-7(13)10(16)8(14)9(6)15/h4H,5H2,1-3H3. The van der Waals surface area contributed by atoms with Crippen LogP contribution in [0.25, 0.3) is 0 Å². The smallest absolute Gasteiger partial charge is 0.341 e. The molecule has 0 aromatic heterocycles. The maximum absolute atomic E-state index is 13.6. The fourth-order valence-electron chi connectivity index (χ4n) is 1.08. The van der Waals surface area contributed by atoms with E-state index in [0.717, 1.165) is 6.07 Å². The van der Waals surface area contributed by atoms with Gasteiger partial charge in [-0.05, 0) is 11.5 Å². The Labute approximate surface area is 114 Å². The lowest BCUT2D eigenvalue weighted by Gasteiger charge is -2.18. The first-order chi connectivity index (χ1) is 8.13. The van der Waals surface area contributed by atoms with Crippen molar-refractivity contribution in [3.05, 3.63) is 33.3 Å². The van der Waals surface area contributed by atoms with Gasteiger partial charge in [-0.3, -0.25) is 0 Å². The highest BCUT2D eigenvalue weighted by molar-refractivity contribution is 6.35. The summed E-state index contributed by atoms with van der Waals surface area (Å²) in [7, 11) is 0. The summed E-state index contributed by atoms with van der Waals surface area (Å²) >= 11 is 10.9. The third kappa shape index (κ3) is 3.56. The largest absolute Gasteiger partial charge is 0.461 e. The second kappa shape index (κ2) is 5.41. The van der Waals surface area contributed by atoms with E-state index in [1.807, 2.05) is 20.8 Å². The highest BCUT2D eigenvalue weighted by Gasteiger charge is 2.23. The number of ether oxygens (including phenoxy) is 1. The monoisotopic (exact) mass is 296 g/mol. The van der Waals surface area contributed by atoms with E-state index in [1.165, 1.54) is 0 Å². The van der Waals surface area contributed by atoms with E-state index >= 15 is 0 Å². The molecule has 1 aromatic carbocycles. The molecule has 0 bridgehead atoms. The van der Waals surface area contributed by atoms with Crippen LogP contribution in [0.15, 0.2) is 6.07 Å². The van der Waals surface area contributed by atoms with E-state index in [1.54, 1.807) is 0 Å². The van der Waals surface area contributed by atoms with Gasteiger partial charge in [-0.2, -0.15) is 0 Å². The van der Waals surface area contributed by atoms with Gasteiger partial charge >= 0.3 is 5.97 Å². The molecular weight excluding hydrogens is 285 g/mol. The SMILES string of the molecule is CC(C)(C)COC(=O)c1cc(Cl)c(F)c(Cl)c1F. The van der Waals surface area contributed by atoms with E-state index in [9.17, 15) is 13.6 Å². The fraction of sp³-hybridized carbons (Fsp3) is 0.417. The molecule has 0 aliphatic rings. The molecule has 0 spiro atoms. The molecule has 0 fully saturated rings. The molecule has 0 aliphatic heterocycles. The van der Waals surface area contributed by atoms with E-state index < -0.39 is 33.2 Å². The molecule has 1 rings (SSSR count). The van der Waals surface area contributed by atoms with Crippen molar-refractivity contribution in [1.82, 2.24) is 0 Å². The van der Waals surface area contributed by atoms with Gasteiger partial charge in [0.2, 0.25) is 0 Å². The number of rotatable bonds is 2. The van der Waals surface area contributed by atoms with Crippen LogP contribution in [0.5, 0.6) is 0 Å². The van der Waals surface area contributed by atoms with Crippen LogP contribution in [0.3, 0.4) is 0 Å². The van der Waals surface area contributed by atoms with Crippen molar-refractivity contribution in [3.8, 4) is 0 Å². The Kier molecular flexibility index (Phi) is 4.56. The van der Waals surface area contributed by atoms with Gasteiger partial charge in [0, 0.05) is 0 Å². The lowest BCUT2D eigenvalue weighted by Crippen LogP contribution is -2.19. The van der Waals surface area contributed by atoms with Gasteiger partial charge in [-0.25, -0.2) is 13.6 Å². The summed E-state index contributed by atoms with van der Waals surface area (Å²) in [6, 6.07) is 0.864. The van der Waals surface area contributed by atoms with Gasteiger partial charge in [0.15, 0.2) is 11.6 Å². The summed E-state index contributed by atoms with van der Waals surface area (Å²) in [4.78, 5) is 11.6. The summed E-state index contributed by atoms with van der Waals surface area (Å²) in [5, 5.41) is -1.24. The zero-order valence-electron chi connectivity index (χ0n) is 10.1. The predicted molar refractivity (Wildman–Crippen MR) is 66.1 cm³/mol. The van der Waals surface area contributed by atoms with Crippen LogP contribution in [-0.2, 0) is 4.74 Å². The average Bonchev–Trinajstić information content (AvgIpc) is 2.27. The van der Waals surface area contributed by atoms with E-state index in [0.29, 0.717) is 0 Å². The van der Waals surface area contributed by atoms with Crippen LogP contribution in [0.1, 0.15) is 31.1 Å². The van der Waals surface area contributed by atoms with Crippen molar-refractivity contribution in [3.63, 3.8) is 0 Å². The molecule has 0 amide bonds. The Balaban J connectivity index is 3.01. The van der Waals surface area contributed by atoms with Crippen molar-refractivity contribution in [2.45, 2.75) is 20.8 Å². The molecule has 0 heterocycles. The molecule has 0 unspecified atom stereocenters. The van der Waals surface area contributed by atoms with Crippen LogP contribution < -0.4 is 0 Å². The molecule has 18 heavy (non-hydrogen) atoms. The van der Waals surface area contributed by atoms with Crippen molar-refractivity contribution in [2.75, 3.05) is 6.61 Å². The molecule has 0 saturated heterocycles. The minimum atomic E-state index is -1.17. The highest BCUT2D eigenvalue weighted by Crippen LogP contribution is 2.29. The zero-order valence-corrected chi connectivity index (χ0v) is 11.6. The number of esters is 1. The first-order valence-corrected chi connectivity index (χ1v) is 5.89. The van der Waals surface area contributed by atoms with Gasteiger partial charge in [0.1, 0.15) is 5.02 Å². The van der Waals surface area contributed by atoms with Gasteiger partial charge in [0.25, 0.3) is 0 Å². The quantitative estimate of drug-likeness (QED) is 0.457. The molecule has 100 valence electrons. The van der Waals surface area contributed by atoms with Gasteiger partial charge in [-0.15, -0.1) is 0 Å². The van der Waals surface area contributed by atoms with E-state index in [-0.39, 0.29) is 12.0 Å². The number of hydrogen-bond acceptors (Lipinski definition) is 2. The number of halogens is 4. The normalized spacial score (nSPS) is 11.5. The van der Waals surface area contributed by atoms with Crippen molar-refractivity contribution in [2.24, 2.45) is 5.41 Å². The highest BCUT2D eigenvalue weighted by atomic mass is 35.5.